The number of hydrogen-bond donors (Lipinski definition) is 2. The van der Waals surface area contributed by atoms with Gasteiger partial charge in [0, 0.05) is 6.92 Å². The van der Waals surface area contributed by atoms with Gasteiger partial charge in [-0.1, -0.05) is 0 Å². The van der Waals surface area contributed by atoms with Crippen molar-refractivity contribution in [3.8, 4) is 17.2 Å². The molecular weight excluding hydrogens is 240 g/mol. The number of esters is 1. The van der Waals surface area contributed by atoms with Crippen LogP contribution in [0.2, 0.25) is 0 Å². The number of carbonyl (C=O) groups excluding carboxylic acids is 3. The molecule has 0 aliphatic rings. The molecule has 0 aromatic heterocycles. The van der Waals surface area contributed by atoms with E-state index in [0.29, 0.717) is 0 Å². The number of carbonyl (C=O) groups is 3. The number of ether oxygens (including phenoxy) is 1. The van der Waals surface area contributed by atoms with Gasteiger partial charge in [0.25, 0.3) is 0 Å². The van der Waals surface area contributed by atoms with E-state index in [2.05, 4.69) is 4.74 Å². The minimum atomic E-state index is -0.796. The van der Waals surface area contributed by atoms with Crippen molar-refractivity contribution < 1.29 is 29.3 Å². The lowest BCUT2D eigenvalue weighted by Crippen LogP contribution is -2.07. The van der Waals surface area contributed by atoms with Crippen LogP contribution in [0.1, 0.15) is 41.5 Å². The van der Waals surface area contributed by atoms with Gasteiger partial charge in [-0.25, -0.2) is 0 Å². The van der Waals surface area contributed by atoms with Crippen molar-refractivity contribution in [3.05, 3.63) is 17.2 Å². The van der Waals surface area contributed by atoms with Crippen LogP contribution in [0.15, 0.2) is 6.07 Å². The molecule has 0 saturated heterocycles. The zero-order valence-electron chi connectivity index (χ0n) is 10.1. The van der Waals surface area contributed by atoms with Gasteiger partial charge in [-0.05, 0) is 19.9 Å². The molecule has 0 fully saturated rings. The van der Waals surface area contributed by atoms with E-state index in [1.54, 1.807) is 0 Å². The summed E-state index contributed by atoms with van der Waals surface area (Å²) < 4.78 is 4.61. The highest BCUT2D eigenvalue weighted by molar-refractivity contribution is 6.04. The van der Waals surface area contributed by atoms with Crippen LogP contribution < -0.4 is 4.74 Å². The molecule has 0 aliphatic carbocycles. The van der Waals surface area contributed by atoms with E-state index in [9.17, 15) is 24.6 Å². The summed E-state index contributed by atoms with van der Waals surface area (Å²) in [6, 6.07) is 1.06. The average Bonchev–Trinajstić information content (AvgIpc) is 2.22. The number of benzene rings is 1. The van der Waals surface area contributed by atoms with Crippen molar-refractivity contribution in [3.63, 3.8) is 0 Å². The molecule has 1 rings (SSSR count). The zero-order chi connectivity index (χ0) is 14.0. The summed E-state index contributed by atoms with van der Waals surface area (Å²) in [5.74, 6) is -3.76. The molecule has 2 N–H and O–H groups in total. The van der Waals surface area contributed by atoms with E-state index in [1.165, 1.54) is 13.8 Å². The number of aromatic hydroxyl groups is 2. The molecule has 0 saturated carbocycles. The van der Waals surface area contributed by atoms with Gasteiger partial charge < -0.3 is 14.9 Å². The Morgan fingerprint density at radius 2 is 1.33 bits per heavy atom. The number of phenolic OH excluding ortho intramolecular Hbond substituents is 2. The van der Waals surface area contributed by atoms with E-state index >= 15 is 0 Å². The van der Waals surface area contributed by atoms with Crippen molar-refractivity contribution in [1.82, 2.24) is 0 Å². The first-order chi connectivity index (χ1) is 8.25. The maximum atomic E-state index is 11.3. The molecular formula is C12H12O6. The van der Waals surface area contributed by atoms with Crippen molar-refractivity contribution in [2.75, 3.05) is 0 Å². The molecule has 0 aliphatic heterocycles. The van der Waals surface area contributed by atoms with E-state index in [0.717, 1.165) is 13.0 Å². The van der Waals surface area contributed by atoms with Crippen LogP contribution >= 0.6 is 0 Å². The zero-order valence-corrected chi connectivity index (χ0v) is 10.1. The third-order valence-electron chi connectivity index (χ3n) is 2.23. The Balaban J connectivity index is 3.61. The number of Topliss-reactive ketones (excluding diaryl/α,β-unsaturated/α-hetero) is 2. The Bertz CT molecular complexity index is 506. The summed E-state index contributed by atoms with van der Waals surface area (Å²) >= 11 is 0. The second-order valence-electron chi connectivity index (χ2n) is 3.70. The fourth-order valence-electron chi connectivity index (χ4n) is 1.41. The molecule has 1 aromatic rings. The lowest BCUT2D eigenvalue weighted by molar-refractivity contribution is -0.132. The Hall–Kier alpha value is -2.37. The molecule has 0 bridgehead atoms. The van der Waals surface area contributed by atoms with Gasteiger partial charge in [-0.2, -0.15) is 0 Å². The number of rotatable bonds is 3. The lowest BCUT2D eigenvalue weighted by Gasteiger charge is -2.12. The van der Waals surface area contributed by atoms with Gasteiger partial charge in [0.2, 0.25) is 5.75 Å². The second-order valence-corrected chi connectivity index (χ2v) is 3.70. The summed E-state index contributed by atoms with van der Waals surface area (Å²) in [5.41, 5.74) is -0.400. The molecule has 6 nitrogen and oxygen atoms in total. The van der Waals surface area contributed by atoms with Gasteiger partial charge in [-0.3, -0.25) is 14.4 Å². The molecule has 18 heavy (non-hydrogen) atoms. The topological polar surface area (TPSA) is 101 Å². The molecule has 6 heteroatoms. The fourth-order valence-corrected chi connectivity index (χ4v) is 1.41. The van der Waals surface area contributed by atoms with Crippen molar-refractivity contribution >= 4 is 17.5 Å². The summed E-state index contributed by atoms with van der Waals surface area (Å²) in [7, 11) is 0. The van der Waals surface area contributed by atoms with E-state index < -0.39 is 34.8 Å². The predicted molar refractivity (Wildman–Crippen MR) is 61.1 cm³/mol. The van der Waals surface area contributed by atoms with Crippen LogP contribution in [0.4, 0.5) is 0 Å². The number of ketones is 2. The third kappa shape index (κ3) is 2.48. The van der Waals surface area contributed by atoms with Crippen LogP contribution in [-0.2, 0) is 4.79 Å². The summed E-state index contributed by atoms with van der Waals surface area (Å²) in [6.07, 6.45) is 0. The second kappa shape index (κ2) is 4.87. The van der Waals surface area contributed by atoms with Gasteiger partial charge in [0.15, 0.2) is 23.1 Å². The van der Waals surface area contributed by atoms with Crippen LogP contribution in [-0.4, -0.2) is 27.7 Å². The Morgan fingerprint density at radius 1 is 0.944 bits per heavy atom. The van der Waals surface area contributed by atoms with Gasteiger partial charge >= 0.3 is 5.97 Å². The summed E-state index contributed by atoms with van der Waals surface area (Å²) in [5, 5.41) is 19.5. The highest BCUT2D eigenvalue weighted by Gasteiger charge is 2.23. The van der Waals surface area contributed by atoms with Crippen LogP contribution in [0, 0.1) is 0 Å². The summed E-state index contributed by atoms with van der Waals surface area (Å²) in [6.45, 7) is 3.41. The highest BCUT2D eigenvalue weighted by Crippen LogP contribution is 2.41. The minimum absolute atomic E-state index is 0.200. The Kier molecular flexibility index (Phi) is 3.70. The Morgan fingerprint density at radius 3 is 1.61 bits per heavy atom. The van der Waals surface area contributed by atoms with Crippen LogP contribution in [0.5, 0.6) is 17.2 Å². The van der Waals surface area contributed by atoms with E-state index in [1.807, 2.05) is 0 Å². The number of phenols is 2. The first kappa shape index (κ1) is 13.7. The Labute approximate surface area is 103 Å². The average molecular weight is 252 g/mol. The van der Waals surface area contributed by atoms with Gasteiger partial charge in [-0.15, -0.1) is 0 Å². The van der Waals surface area contributed by atoms with Gasteiger partial charge in [0.05, 0.1) is 11.1 Å². The molecule has 1 aromatic carbocycles. The molecule has 0 spiro atoms. The van der Waals surface area contributed by atoms with E-state index in [4.69, 9.17) is 0 Å². The monoisotopic (exact) mass is 252 g/mol. The maximum Gasteiger partial charge on any atom is 0.308 e. The quantitative estimate of drug-likeness (QED) is 0.479. The number of hydrogen-bond acceptors (Lipinski definition) is 6. The molecule has 0 heterocycles. The molecule has 0 amide bonds. The normalized spacial score (nSPS) is 9.94. The van der Waals surface area contributed by atoms with Crippen molar-refractivity contribution in [1.29, 1.82) is 0 Å². The minimum Gasteiger partial charge on any atom is -0.504 e. The third-order valence-corrected chi connectivity index (χ3v) is 2.23. The highest BCUT2D eigenvalue weighted by atomic mass is 16.5. The summed E-state index contributed by atoms with van der Waals surface area (Å²) in [4.78, 5) is 33.5. The standard InChI is InChI=1S/C12H12O6/c1-5(13)8-4-9(6(2)14)11(17)12(10(8)16)18-7(3)15/h4,16-17H,1-3H3. The first-order valence-corrected chi connectivity index (χ1v) is 5.05. The molecule has 0 radical (unpaired) electrons. The smallest absolute Gasteiger partial charge is 0.308 e. The SMILES string of the molecule is CC(=O)Oc1c(O)c(C(C)=O)cc(C(C)=O)c1O. The largest absolute Gasteiger partial charge is 0.504 e. The fraction of sp³-hybridized carbons (Fsp3) is 0.250. The maximum absolute atomic E-state index is 11.3. The molecule has 0 atom stereocenters. The predicted octanol–water partition coefficient (Wildman–Crippen LogP) is 1.43. The van der Waals surface area contributed by atoms with Gasteiger partial charge in [0.1, 0.15) is 0 Å². The van der Waals surface area contributed by atoms with Crippen molar-refractivity contribution in [2.45, 2.75) is 20.8 Å². The lowest BCUT2D eigenvalue weighted by atomic mass is 10.0. The van der Waals surface area contributed by atoms with E-state index in [-0.39, 0.29) is 11.1 Å². The van der Waals surface area contributed by atoms with Crippen LogP contribution in [0.25, 0.3) is 0 Å². The molecule has 0 unspecified atom stereocenters. The van der Waals surface area contributed by atoms with Crippen molar-refractivity contribution in [2.24, 2.45) is 0 Å². The first-order valence-electron chi connectivity index (χ1n) is 5.05. The van der Waals surface area contributed by atoms with Crippen LogP contribution in [0.3, 0.4) is 0 Å². The molecule has 96 valence electrons.